The highest BCUT2D eigenvalue weighted by atomic mass is 32.1. The third-order valence-corrected chi connectivity index (χ3v) is 8.38. The molecule has 184 valence electrons. The molecule has 3 fully saturated rings. The molecule has 0 N–H and O–H groups in total. The summed E-state index contributed by atoms with van der Waals surface area (Å²) in [4.78, 5) is 49.0. The van der Waals surface area contributed by atoms with Crippen molar-refractivity contribution in [1.82, 2.24) is 14.8 Å². The van der Waals surface area contributed by atoms with E-state index in [1.807, 2.05) is 30.4 Å². The van der Waals surface area contributed by atoms with Crippen LogP contribution >= 0.6 is 11.3 Å². The minimum atomic E-state index is -0.815. The van der Waals surface area contributed by atoms with Gasteiger partial charge in [-0.15, -0.1) is 0 Å². The van der Waals surface area contributed by atoms with Crippen LogP contribution in [-0.4, -0.2) is 90.8 Å². The molecule has 3 amide bonds. The van der Waals surface area contributed by atoms with E-state index in [-0.39, 0.29) is 17.9 Å². The second-order valence-electron chi connectivity index (χ2n) is 9.17. The van der Waals surface area contributed by atoms with Gasteiger partial charge < -0.3 is 24.0 Å². The van der Waals surface area contributed by atoms with E-state index in [4.69, 9.17) is 14.2 Å². The van der Waals surface area contributed by atoms with Crippen LogP contribution in [0.4, 0.5) is 9.93 Å². The summed E-state index contributed by atoms with van der Waals surface area (Å²) in [5.74, 6) is -0.697. The molecule has 0 unspecified atom stereocenters. The minimum absolute atomic E-state index is 0.0982. The third kappa shape index (κ3) is 3.40. The van der Waals surface area contributed by atoms with E-state index in [9.17, 15) is 14.4 Å². The van der Waals surface area contributed by atoms with Gasteiger partial charge >= 0.3 is 6.09 Å². The highest BCUT2D eigenvalue weighted by molar-refractivity contribution is 7.22. The minimum Gasteiger partial charge on any atom is -0.497 e. The first-order valence-corrected chi connectivity index (χ1v) is 12.6. The van der Waals surface area contributed by atoms with E-state index < -0.39 is 23.5 Å². The molecule has 0 saturated carbocycles. The lowest BCUT2D eigenvalue weighted by molar-refractivity contribution is -0.141. The summed E-state index contributed by atoms with van der Waals surface area (Å²) in [6.45, 7) is 4.04. The Morgan fingerprint density at radius 2 is 2.00 bits per heavy atom. The van der Waals surface area contributed by atoms with Crippen LogP contribution in [0, 0.1) is 11.8 Å². The van der Waals surface area contributed by atoms with Crippen LogP contribution in [-0.2, 0) is 19.1 Å². The molecule has 2 bridgehead atoms. The molecule has 1 aromatic heterocycles. The lowest BCUT2D eigenvalue weighted by Crippen LogP contribution is -2.54. The molecule has 0 aliphatic carbocycles. The van der Waals surface area contributed by atoms with Crippen LogP contribution in [0.1, 0.15) is 6.92 Å². The number of hydrogen-bond donors (Lipinski definition) is 0. The van der Waals surface area contributed by atoms with Gasteiger partial charge in [-0.1, -0.05) is 23.5 Å². The summed E-state index contributed by atoms with van der Waals surface area (Å²) in [6, 6.07) is 5.64. The average molecular weight is 499 g/mol. The number of aromatic nitrogens is 1. The van der Waals surface area contributed by atoms with Crippen LogP contribution in [0.3, 0.4) is 0 Å². The molecule has 11 heteroatoms. The van der Waals surface area contributed by atoms with Gasteiger partial charge in [-0.05, 0) is 19.1 Å². The number of piperazine rings is 1. The van der Waals surface area contributed by atoms with Crippen LogP contribution in [0.2, 0.25) is 0 Å². The highest BCUT2D eigenvalue weighted by Gasteiger charge is 2.67. The number of carbonyl (C=O) groups excluding carboxylic acids is 3. The maximum atomic E-state index is 13.7. The summed E-state index contributed by atoms with van der Waals surface area (Å²) >= 11 is 1.44. The number of hydrogen-bond acceptors (Lipinski definition) is 8. The third-order valence-electron chi connectivity index (χ3n) is 7.32. The van der Waals surface area contributed by atoms with Crippen molar-refractivity contribution in [3.05, 3.63) is 30.4 Å². The number of benzene rings is 1. The van der Waals surface area contributed by atoms with Gasteiger partial charge in [0, 0.05) is 32.2 Å². The average Bonchev–Trinajstić information content (AvgIpc) is 3.62. The van der Waals surface area contributed by atoms with Gasteiger partial charge in [-0.2, -0.15) is 0 Å². The van der Waals surface area contributed by atoms with Crippen LogP contribution in [0.15, 0.2) is 30.4 Å². The molecule has 4 aliphatic heterocycles. The normalized spacial score (nSPS) is 29.3. The van der Waals surface area contributed by atoms with E-state index in [0.29, 0.717) is 50.2 Å². The highest BCUT2D eigenvalue weighted by Crippen LogP contribution is 2.53. The summed E-state index contributed by atoms with van der Waals surface area (Å²) in [5.41, 5.74) is -0.0516. The molecular weight excluding hydrogens is 472 g/mol. The van der Waals surface area contributed by atoms with Crippen LogP contribution in [0.25, 0.3) is 10.2 Å². The van der Waals surface area contributed by atoms with Crippen molar-refractivity contribution in [2.75, 3.05) is 51.3 Å². The number of thiazole rings is 1. The molecule has 2 aromatic rings. The Kier molecular flexibility index (Phi) is 5.22. The zero-order valence-corrected chi connectivity index (χ0v) is 20.3. The van der Waals surface area contributed by atoms with E-state index >= 15 is 0 Å². The van der Waals surface area contributed by atoms with Gasteiger partial charge in [0.1, 0.15) is 11.4 Å². The van der Waals surface area contributed by atoms with Gasteiger partial charge in [0.25, 0.3) is 0 Å². The van der Waals surface area contributed by atoms with Crippen LogP contribution < -0.4 is 9.64 Å². The fourth-order valence-corrected chi connectivity index (χ4v) is 6.57. The summed E-state index contributed by atoms with van der Waals surface area (Å²) in [6.07, 6.45) is 3.08. The number of ether oxygens (including phenoxy) is 3. The molecular formula is C24H26N4O6S. The van der Waals surface area contributed by atoms with Crippen molar-refractivity contribution >= 4 is 44.6 Å². The quantitative estimate of drug-likeness (QED) is 0.594. The monoisotopic (exact) mass is 498 g/mol. The molecule has 1 aromatic carbocycles. The first-order chi connectivity index (χ1) is 16.9. The lowest BCUT2D eigenvalue weighted by Gasteiger charge is -2.36. The zero-order chi connectivity index (χ0) is 24.3. The van der Waals surface area contributed by atoms with E-state index in [2.05, 4.69) is 4.98 Å². The van der Waals surface area contributed by atoms with E-state index in [1.165, 1.54) is 11.3 Å². The Morgan fingerprint density at radius 1 is 1.23 bits per heavy atom. The summed E-state index contributed by atoms with van der Waals surface area (Å²) < 4.78 is 17.6. The Morgan fingerprint density at radius 3 is 2.74 bits per heavy atom. The van der Waals surface area contributed by atoms with Gasteiger partial charge in [0.15, 0.2) is 5.13 Å². The molecule has 3 saturated heterocycles. The maximum Gasteiger partial charge on any atom is 0.409 e. The van der Waals surface area contributed by atoms with Crippen LogP contribution in [0.5, 0.6) is 5.75 Å². The number of fused-ring (bicyclic) bond motifs is 2. The fraction of sp³-hybridized carbons (Fsp3) is 0.500. The Hall–Kier alpha value is -3.18. The Bertz CT molecular complexity index is 1240. The lowest BCUT2D eigenvalue weighted by atomic mass is 9.76. The van der Waals surface area contributed by atoms with Gasteiger partial charge in [-0.3, -0.25) is 14.5 Å². The molecule has 4 aliphatic rings. The van der Waals surface area contributed by atoms with Crippen molar-refractivity contribution in [1.29, 1.82) is 0 Å². The Labute approximate surface area is 206 Å². The number of anilines is 1. The second-order valence-corrected chi connectivity index (χ2v) is 10.2. The fourth-order valence-electron chi connectivity index (χ4n) is 5.61. The molecule has 6 rings (SSSR count). The molecule has 35 heavy (non-hydrogen) atoms. The second kappa shape index (κ2) is 8.20. The van der Waals surface area contributed by atoms with Gasteiger partial charge in [-0.25, -0.2) is 9.78 Å². The van der Waals surface area contributed by atoms with Crippen molar-refractivity contribution in [2.45, 2.75) is 18.6 Å². The Balaban J connectivity index is 1.22. The number of nitrogens with zero attached hydrogens (tertiary/aromatic N) is 4. The summed E-state index contributed by atoms with van der Waals surface area (Å²) in [7, 11) is 1.60. The van der Waals surface area contributed by atoms with Crippen molar-refractivity contribution in [3.8, 4) is 5.75 Å². The number of carbonyl (C=O) groups is 3. The molecule has 1 spiro atoms. The number of methoxy groups -OCH3 is 1. The van der Waals surface area contributed by atoms with E-state index in [0.717, 1.165) is 10.2 Å². The topological polar surface area (TPSA) is 102 Å². The van der Waals surface area contributed by atoms with Gasteiger partial charge in [0.05, 0.1) is 48.4 Å². The molecule has 4 atom stereocenters. The van der Waals surface area contributed by atoms with Crippen molar-refractivity contribution in [3.63, 3.8) is 0 Å². The predicted molar refractivity (Wildman–Crippen MR) is 127 cm³/mol. The summed E-state index contributed by atoms with van der Waals surface area (Å²) in [5, 5.41) is 0.594. The maximum absolute atomic E-state index is 13.7. The zero-order valence-electron chi connectivity index (χ0n) is 19.5. The molecule has 0 radical (unpaired) electrons. The molecule has 10 nitrogen and oxygen atoms in total. The SMILES string of the molecule is CCOC(=O)N1CCN(C(=O)[C@@H]2[C@H]3C=C[C@]4(CN(c5nc6cc(OC)ccc6s5)C(=O)[C@@H]24)O3)CC1. The number of amides is 3. The predicted octanol–water partition coefficient (Wildman–Crippen LogP) is 1.89. The first-order valence-electron chi connectivity index (χ1n) is 11.8. The van der Waals surface area contributed by atoms with Crippen molar-refractivity contribution < 1.29 is 28.6 Å². The first kappa shape index (κ1) is 22.3. The largest absolute Gasteiger partial charge is 0.497 e. The van der Waals surface area contributed by atoms with Crippen molar-refractivity contribution in [2.24, 2.45) is 11.8 Å². The number of rotatable bonds is 4. The molecule has 5 heterocycles. The van der Waals surface area contributed by atoms with Gasteiger partial charge in [0.2, 0.25) is 11.8 Å². The standard InChI is InChI=1S/C24H26N4O6S/c1-3-33-23(31)27-10-8-26(9-11-27)20(29)18-16-6-7-24(34-16)13-28(21(30)19(18)24)22-25-15-12-14(32-2)4-5-17(15)35-22/h4-7,12,16,18-19H,3,8-11,13H2,1-2H3/t16-,18-,19-,24-/m1/s1. The van der Waals surface area contributed by atoms with E-state index in [1.54, 1.807) is 28.7 Å². The smallest absolute Gasteiger partial charge is 0.409 e.